The van der Waals surface area contributed by atoms with Crippen LogP contribution in [0.1, 0.15) is 11.1 Å². The average molecular weight is 167 g/mol. The lowest BCUT2D eigenvalue weighted by Crippen LogP contribution is -1.86. The molecule has 0 amide bonds. The molecule has 1 nitrogen and oxygen atoms in total. The second-order valence-electron chi connectivity index (χ2n) is 2.23. The summed E-state index contributed by atoms with van der Waals surface area (Å²) in [5.74, 6) is -0.384. The first-order chi connectivity index (χ1) is 5.15. The Hall–Kier alpha value is -1.01. The lowest BCUT2D eigenvalue weighted by Gasteiger charge is -1.98. The van der Waals surface area contributed by atoms with Gasteiger partial charge in [-0.15, -0.1) is 12.6 Å². The van der Waals surface area contributed by atoms with Crippen LogP contribution in [-0.4, -0.2) is 0 Å². The zero-order valence-corrected chi connectivity index (χ0v) is 6.82. The Bertz CT molecular complexity index is 328. The minimum Gasteiger partial charge on any atom is -0.206 e. The first kappa shape index (κ1) is 8.09. The molecule has 0 aliphatic carbocycles. The molecule has 11 heavy (non-hydrogen) atoms. The minimum absolute atomic E-state index is 0.215. The second kappa shape index (κ2) is 2.93. The van der Waals surface area contributed by atoms with Crippen molar-refractivity contribution in [1.82, 2.24) is 0 Å². The summed E-state index contributed by atoms with van der Waals surface area (Å²) in [6.45, 7) is 1.69. The molecular formula is C8H6FNS. The van der Waals surface area contributed by atoms with Crippen molar-refractivity contribution in [2.45, 2.75) is 11.8 Å². The molecule has 0 N–H and O–H groups in total. The summed E-state index contributed by atoms with van der Waals surface area (Å²) in [4.78, 5) is 0.215. The van der Waals surface area contributed by atoms with Crippen molar-refractivity contribution in [3.05, 3.63) is 29.1 Å². The van der Waals surface area contributed by atoms with E-state index >= 15 is 0 Å². The van der Waals surface area contributed by atoms with Gasteiger partial charge in [0.25, 0.3) is 0 Å². The number of aryl methyl sites for hydroxylation is 1. The number of benzene rings is 1. The Balaban J connectivity index is 3.35. The molecule has 0 radical (unpaired) electrons. The standard InChI is InChI=1S/C8H6FNS/c1-5-2-7(9)8(11)3-6(5)4-10/h2-3,11H,1H3. The molecule has 3 heteroatoms. The van der Waals surface area contributed by atoms with Gasteiger partial charge in [-0.25, -0.2) is 4.39 Å². The molecule has 0 unspecified atom stereocenters. The van der Waals surface area contributed by atoms with Crippen molar-refractivity contribution in [1.29, 1.82) is 5.26 Å². The fourth-order valence-corrected chi connectivity index (χ4v) is 0.975. The van der Waals surface area contributed by atoms with Crippen LogP contribution in [0.3, 0.4) is 0 Å². The van der Waals surface area contributed by atoms with Gasteiger partial charge in [0.1, 0.15) is 5.82 Å². The zero-order valence-electron chi connectivity index (χ0n) is 5.93. The predicted molar refractivity (Wildman–Crippen MR) is 43.1 cm³/mol. The zero-order chi connectivity index (χ0) is 8.43. The SMILES string of the molecule is Cc1cc(F)c(S)cc1C#N. The molecule has 0 atom stereocenters. The van der Waals surface area contributed by atoms with Crippen LogP contribution < -0.4 is 0 Å². The Kier molecular flexibility index (Phi) is 2.16. The molecule has 0 spiro atoms. The van der Waals surface area contributed by atoms with Gasteiger partial charge in [0, 0.05) is 4.90 Å². The predicted octanol–water partition coefficient (Wildman–Crippen LogP) is 2.29. The van der Waals surface area contributed by atoms with Crippen LogP contribution >= 0.6 is 12.6 Å². The number of hydrogen-bond acceptors (Lipinski definition) is 2. The fourth-order valence-electron chi connectivity index (χ4n) is 0.782. The Labute approximate surface area is 69.9 Å². The molecular weight excluding hydrogens is 161 g/mol. The number of nitriles is 1. The van der Waals surface area contributed by atoms with Gasteiger partial charge in [-0.3, -0.25) is 0 Å². The van der Waals surface area contributed by atoms with Gasteiger partial charge in [-0.05, 0) is 24.6 Å². The highest BCUT2D eigenvalue weighted by Crippen LogP contribution is 2.17. The summed E-state index contributed by atoms with van der Waals surface area (Å²) in [6.07, 6.45) is 0. The Morgan fingerprint density at radius 2 is 2.18 bits per heavy atom. The van der Waals surface area contributed by atoms with E-state index < -0.39 is 0 Å². The minimum atomic E-state index is -0.384. The third-order valence-electron chi connectivity index (χ3n) is 1.41. The van der Waals surface area contributed by atoms with E-state index in [-0.39, 0.29) is 10.7 Å². The van der Waals surface area contributed by atoms with Gasteiger partial charge in [-0.1, -0.05) is 0 Å². The topological polar surface area (TPSA) is 23.8 Å². The molecule has 0 fully saturated rings. The molecule has 1 aromatic rings. The third kappa shape index (κ3) is 1.52. The van der Waals surface area contributed by atoms with Gasteiger partial charge in [0.15, 0.2) is 0 Å². The van der Waals surface area contributed by atoms with Gasteiger partial charge in [0.2, 0.25) is 0 Å². The maximum absolute atomic E-state index is 12.7. The molecule has 0 bridgehead atoms. The maximum Gasteiger partial charge on any atom is 0.136 e. The summed E-state index contributed by atoms with van der Waals surface area (Å²) >= 11 is 3.84. The monoisotopic (exact) mass is 167 g/mol. The summed E-state index contributed by atoms with van der Waals surface area (Å²) < 4.78 is 12.7. The van der Waals surface area contributed by atoms with E-state index in [2.05, 4.69) is 12.6 Å². The lowest BCUT2D eigenvalue weighted by molar-refractivity contribution is 0.601. The molecule has 1 rings (SSSR count). The second-order valence-corrected chi connectivity index (χ2v) is 2.71. The Morgan fingerprint density at radius 3 is 2.73 bits per heavy atom. The van der Waals surface area contributed by atoms with E-state index in [4.69, 9.17) is 5.26 Å². The normalized spacial score (nSPS) is 9.27. The quantitative estimate of drug-likeness (QED) is 0.589. The van der Waals surface area contributed by atoms with E-state index in [0.717, 1.165) is 0 Å². The van der Waals surface area contributed by atoms with Crippen molar-refractivity contribution in [3.63, 3.8) is 0 Å². The first-order valence-corrected chi connectivity index (χ1v) is 3.49. The summed E-state index contributed by atoms with van der Waals surface area (Å²) in [6, 6.07) is 4.68. The molecule has 0 saturated carbocycles. The Morgan fingerprint density at radius 1 is 1.55 bits per heavy atom. The largest absolute Gasteiger partial charge is 0.206 e. The molecule has 0 aromatic heterocycles. The molecule has 0 aliphatic heterocycles. The van der Waals surface area contributed by atoms with Crippen LogP contribution in [0.2, 0.25) is 0 Å². The summed E-state index contributed by atoms with van der Waals surface area (Å²) in [5.41, 5.74) is 1.11. The van der Waals surface area contributed by atoms with Crippen LogP contribution in [0.4, 0.5) is 4.39 Å². The van der Waals surface area contributed by atoms with Crippen LogP contribution in [0.15, 0.2) is 17.0 Å². The number of hydrogen-bond donors (Lipinski definition) is 1. The first-order valence-electron chi connectivity index (χ1n) is 3.04. The summed E-state index contributed by atoms with van der Waals surface area (Å²) in [7, 11) is 0. The molecule has 1 aromatic carbocycles. The van der Waals surface area contributed by atoms with E-state index in [1.807, 2.05) is 6.07 Å². The lowest BCUT2D eigenvalue weighted by atomic mass is 10.1. The van der Waals surface area contributed by atoms with Crippen LogP contribution in [0, 0.1) is 24.1 Å². The van der Waals surface area contributed by atoms with Crippen molar-refractivity contribution in [2.24, 2.45) is 0 Å². The van der Waals surface area contributed by atoms with Crippen LogP contribution in [-0.2, 0) is 0 Å². The van der Waals surface area contributed by atoms with Crippen molar-refractivity contribution >= 4 is 12.6 Å². The maximum atomic E-state index is 12.7. The molecule has 0 heterocycles. The molecule has 0 aliphatic rings. The van der Waals surface area contributed by atoms with Crippen molar-refractivity contribution in [2.75, 3.05) is 0 Å². The molecule has 0 saturated heterocycles. The fraction of sp³-hybridized carbons (Fsp3) is 0.125. The molecule has 56 valence electrons. The van der Waals surface area contributed by atoms with E-state index in [1.54, 1.807) is 6.92 Å². The highest BCUT2D eigenvalue weighted by molar-refractivity contribution is 7.80. The van der Waals surface area contributed by atoms with Gasteiger partial charge >= 0.3 is 0 Å². The van der Waals surface area contributed by atoms with E-state index in [0.29, 0.717) is 11.1 Å². The van der Waals surface area contributed by atoms with Gasteiger partial charge in [-0.2, -0.15) is 5.26 Å². The number of thiol groups is 1. The van der Waals surface area contributed by atoms with Crippen molar-refractivity contribution < 1.29 is 4.39 Å². The highest BCUT2D eigenvalue weighted by atomic mass is 32.1. The highest BCUT2D eigenvalue weighted by Gasteiger charge is 2.02. The number of rotatable bonds is 0. The third-order valence-corrected chi connectivity index (χ3v) is 1.76. The summed E-state index contributed by atoms with van der Waals surface area (Å²) in [5, 5.41) is 8.53. The van der Waals surface area contributed by atoms with Gasteiger partial charge in [0.05, 0.1) is 11.6 Å². The smallest absolute Gasteiger partial charge is 0.136 e. The van der Waals surface area contributed by atoms with E-state index in [9.17, 15) is 4.39 Å². The van der Waals surface area contributed by atoms with Crippen LogP contribution in [0.5, 0.6) is 0 Å². The number of halogens is 1. The van der Waals surface area contributed by atoms with Crippen LogP contribution in [0.25, 0.3) is 0 Å². The van der Waals surface area contributed by atoms with Gasteiger partial charge < -0.3 is 0 Å². The average Bonchev–Trinajstić information content (AvgIpc) is 1.97. The van der Waals surface area contributed by atoms with Crippen molar-refractivity contribution in [3.8, 4) is 6.07 Å². The van der Waals surface area contributed by atoms with E-state index in [1.165, 1.54) is 12.1 Å². The number of nitrogens with zero attached hydrogens (tertiary/aromatic N) is 1.